The molecule has 0 aliphatic carbocycles. The van der Waals surface area contributed by atoms with Crippen LogP contribution in [0.1, 0.15) is 24.1 Å². The number of halogens is 1. The Kier molecular flexibility index (Phi) is 5.30. The van der Waals surface area contributed by atoms with Crippen LogP contribution in [0.5, 0.6) is 0 Å². The molecule has 0 bridgehead atoms. The van der Waals surface area contributed by atoms with E-state index in [1.807, 2.05) is 49.4 Å². The first-order valence-electron chi connectivity index (χ1n) is 7.86. The standard InChI is InChI=1S/C18H18ClN5O/c1-13(14-6-8-16(9-7-14)24-12-20-11-22-24)23-18(25)21-10-15-4-2-3-5-17(15)19/h2-9,11-13H,10H2,1H3,(H2,21,23,25). The van der Waals surface area contributed by atoms with Gasteiger partial charge < -0.3 is 10.6 Å². The summed E-state index contributed by atoms with van der Waals surface area (Å²) in [6.45, 7) is 2.31. The van der Waals surface area contributed by atoms with Gasteiger partial charge in [-0.3, -0.25) is 0 Å². The van der Waals surface area contributed by atoms with Crippen LogP contribution in [0.2, 0.25) is 5.02 Å². The first-order chi connectivity index (χ1) is 12.1. The summed E-state index contributed by atoms with van der Waals surface area (Å²) in [6, 6.07) is 14.8. The van der Waals surface area contributed by atoms with Crippen molar-refractivity contribution in [2.24, 2.45) is 0 Å². The minimum atomic E-state index is -0.243. The van der Waals surface area contributed by atoms with Gasteiger partial charge in [-0.2, -0.15) is 5.10 Å². The van der Waals surface area contributed by atoms with Crippen molar-refractivity contribution in [1.82, 2.24) is 25.4 Å². The minimum absolute atomic E-state index is 0.129. The fourth-order valence-corrected chi connectivity index (χ4v) is 2.61. The summed E-state index contributed by atoms with van der Waals surface area (Å²) in [5.41, 5.74) is 2.79. The molecule has 0 aliphatic heterocycles. The number of nitrogens with zero attached hydrogens (tertiary/aromatic N) is 3. The van der Waals surface area contributed by atoms with E-state index in [-0.39, 0.29) is 12.1 Å². The molecule has 3 aromatic rings. The van der Waals surface area contributed by atoms with Gasteiger partial charge in [-0.15, -0.1) is 0 Å². The van der Waals surface area contributed by atoms with Gasteiger partial charge in [0.15, 0.2) is 0 Å². The molecule has 0 aliphatic rings. The van der Waals surface area contributed by atoms with Crippen LogP contribution in [0.3, 0.4) is 0 Å². The molecule has 1 unspecified atom stereocenters. The zero-order valence-corrected chi connectivity index (χ0v) is 14.4. The number of carbonyl (C=O) groups is 1. The lowest BCUT2D eigenvalue weighted by Crippen LogP contribution is -2.36. The summed E-state index contributed by atoms with van der Waals surface area (Å²) >= 11 is 6.08. The van der Waals surface area contributed by atoms with Crippen LogP contribution in [0.4, 0.5) is 4.79 Å². The van der Waals surface area contributed by atoms with E-state index in [0.717, 1.165) is 16.8 Å². The van der Waals surface area contributed by atoms with E-state index in [1.165, 1.54) is 6.33 Å². The molecule has 1 atom stereocenters. The van der Waals surface area contributed by atoms with Crippen LogP contribution in [0.15, 0.2) is 61.2 Å². The maximum Gasteiger partial charge on any atom is 0.315 e. The van der Waals surface area contributed by atoms with Crippen molar-refractivity contribution < 1.29 is 4.79 Å². The lowest BCUT2D eigenvalue weighted by atomic mass is 10.1. The first-order valence-corrected chi connectivity index (χ1v) is 8.24. The highest BCUT2D eigenvalue weighted by molar-refractivity contribution is 6.31. The number of aromatic nitrogens is 3. The van der Waals surface area contributed by atoms with E-state index in [2.05, 4.69) is 20.7 Å². The highest BCUT2D eigenvalue weighted by Crippen LogP contribution is 2.16. The number of benzene rings is 2. The molecular formula is C18H18ClN5O. The zero-order valence-electron chi connectivity index (χ0n) is 13.7. The van der Waals surface area contributed by atoms with Gasteiger partial charge >= 0.3 is 6.03 Å². The number of carbonyl (C=O) groups excluding carboxylic acids is 1. The molecule has 2 N–H and O–H groups in total. The lowest BCUT2D eigenvalue weighted by Gasteiger charge is -2.16. The summed E-state index contributed by atoms with van der Waals surface area (Å²) in [5.74, 6) is 0. The summed E-state index contributed by atoms with van der Waals surface area (Å²) in [6.07, 6.45) is 3.13. The third kappa shape index (κ3) is 4.36. The number of amides is 2. The van der Waals surface area contributed by atoms with Crippen LogP contribution in [0, 0.1) is 0 Å². The molecule has 2 amide bonds. The topological polar surface area (TPSA) is 71.8 Å². The Bertz CT molecular complexity index is 833. The third-order valence-corrected chi connectivity index (χ3v) is 4.19. The van der Waals surface area contributed by atoms with Crippen molar-refractivity contribution >= 4 is 17.6 Å². The smallest absolute Gasteiger partial charge is 0.315 e. The summed E-state index contributed by atoms with van der Waals surface area (Å²) in [7, 11) is 0. The second kappa shape index (κ2) is 7.81. The predicted molar refractivity (Wildman–Crippen MR) is 96.6 cm³/mol. The van der Waals surface area contributed by atoms with Crippen LogP contribution in [-0.4, -0.2) is 20.8 Å². The zero-order chi connectivity index (χ0) is 17.6. The molecule has 3 rings (SSSR count). The van der Waals surface area contributed by atoms with Gasteiger partial charge in [0, 0.05) is 11.6 Å². The molecule has 128 valence electrons. The maximum absolute atomic E-state index is 12.1. The molecule has 0 saturated heterocycles. The molecule has 0 fully saturated rings. The molecule has 1 aromatic heterocycles. The summed E-state index contributed by atoms with van der Waals surface area (Å²) < 4.78 is 1.68. The highest BCUT2D eigenvalue weighted by Gasteiger charge is 2.10. The van der Waals surface area contributed by atoms with Gasteiger partial charge in [0.05, 0.1) is 11.7 Å². The summed E-state index contributed by atoms with van der Waals surface area (Å²) in [5, 5.41) is 10.5. The fraction of sp³-hybridized carbons (Fsp3) is 0.167. The number of hydrogen-bond donors (Lipinski definition) is 2. The number of nitrogens with one attached hydrogen (secondary N) is 2. The predicted octanol–water partition coefficient (Wildman–Crippen LogP) is 3.48. The van der Waals surface area contributed by atoms with Crippen molar-refractivity contribution in [3.8, 4) is 5.69 Å². The third-order valence-electron chi connectivity index (χ3n) is 3.82. The molecule has 25 heavy (non-hydrogen) atoms. The molecule has 6 nitrogen and oxygen atoms in total. The molecular weight excluding hydrogens is 338 g/mol. The second-order valence-electron chi connectivity index (χ2n) is 5.57. The van der Waals surface area contributed by atoms with Gasteiger partial charge in [-0.1, -0.05) is 41.9 Å². The first kappa shape index (κ1) is 17.0. The lowest BCUT2D eigenvalue weighted by molar-refractivity contribution is 0.237. The SMILES string of the molecule is CC(NC(=O)NCc1ccccc1Cl)c1ccc(-n2cncn2)cc1. The number of urea groups is 1. The largest absolute Gasteiger partial charge is 0.334 e. The van der Waals surface area contributed by atoms with Gasteiger partial charge in [0.2, 0.25) is 0 Å². The average Bonchev–Trinajstić information content (AvgIpc) is 3.16. The molecule has 0 spiro atoms. The van der Waals surface area contributed by atoms with Crippen molar-refractivity contribution in [2.75, 3.05) is 0 Å². The minimum Gasteiger partial charge on any atom is -0.334 e. The monoisotopic (exact) mass is 355 g/mol. The van der Waals surface area contributed by atoms with Gasteiger partial charge in [-0.05, 0) is 36.2 Å². The van der Waals surface area contributed by atoms with E-state index in [1.54, 1.807) is 17.1 Å². The van der Waals surface area contributed by atoms with Gasteiger partial charge in [-0.25, -0.2) is 14.5 Å². The fourth-order valence-electron chi connectivity index (χ4n) is 2.41. The summed E-state index contributed by atoms with van der Waals surface area (Å²) in [4.78, 5) is 16.0. The Labute approximate surface area is 150 Å². The van der Waals surface area contributed by atoms with Crippen molar-refractivity contribution in [1.29, 1.82) is 0 Å². The Balaban J connectivity index is 1.55. The van der Waals surface area contributed by atoms with Crippen LogP contribution in [0.25, 0.3) is 5.69 Å². The quantitative estimate of drug-likeness (QED) is 0.736. The van der Waals surface area contributed by atoms with E-state index >= 15 is 0 Å². The van der Waals surface area contributed by atoms with E-state index in [4.69, 9.17) is 11.6 Å². The Morgan fingerprint density at radius 3 is 2.64 bits per heavy atom. The van der Waals surface area contributed by atoms with E-state index < -0.39 is 0 Å². The highest BCUT2D eigenvalue weighted by atomic mass is 35.5. The normalized spacial score (nSPS) is 11.8. The van der Waals surface area contributed by atoms with Crippen molar-refractivity contribution in [2.45, 2.75) is 19.5 Å². The van der Waals surface area contributed by atoms with Gasteiger partial charge in [0.25, 0.3) is 0 Å². The average molecular weight is 356 g/mol. The molecule has 0 saturated carbocycles. The van der Waals surface area contributed by atoms with Crippen LogP contribution < -0.4 is 10.6 Å². The maximum atomic E-state index is 12.1. The number of hydrogen-bond acceptors (Lipinski definition) is 3. The van der Waals surface area contributed by atoms with E-state index in [0.29, 0.717) is 11.6 Å². The molecule has 1 heterocycles. The Morgan fingerprint density at radius 1 is 1.20 bits per heavy atom. The van der Waals surface area contributed by atoms with E-state index in [9.17, 15) is 4.79 Å². The van der Waals surface area contributed by atoms with Gasteiger partial charge in [0.1, 0.15) is 12.7 Å². The Hall–Kier alpha value is -2.86. The number of rotatable bonds is 5. The van der Waals surface area contributed by atoms with Crippen molar-refractivity contribution in [3.63, 3.8) is 0 Å². The molecule has 7 heteroatoms. The molecule has 0 radical (unpaired) electrons. The second-order valence-corrected chi connectivity index (χ2v) is 5.98. The van der Waals surface area contributed by atoms with Crippen molar-refractivity contribution in [3.05, 3.63) is 77.3 Å². The van der Waals surface area contributed by atoms with Crippen LogP contribution >= 0.6 is 11.6 Å². The Morgan fingerprint density at radius 2 is 1.96 bits per heavy atom. The van der Waals surface area contributed by atoms with Crippen LogP contribution in [-0.2, 0) is 6.54 Å². The molecule has 2 aromatic carbocycles.